The number of nitrogen functional groups attached to an aromatic ring is 1. The largest absolute Gasteiger partial charge is 0.493 e. The van der Waals surface area contributed by atoms with Crippen molar-refractivity contribution in [1.82, 2.24) is 9.80 Å². The van der Waals surface area contributed by atoms with Crippen LogP contribution in [0, 0.1) is 0 Å². The number of benzene rings is 1. The second-order valence-corrected chi connectivity index (χ2v) is 4.98. The Balaban J connectivity index is 1.69. The van der Waals surface area contributed by atoms with Gasteiger partial charge in [0.25, 0.3) is 0 Å². The van der Waals surface area contributed by atoms with Gasteiger partial charge in [-0.15, -0.1) is 0 Å². The molecule has 1 aromatic rings. The molecule has 0 radical (unpaired) electrons. The highest BCUT2D eigenvalue weighted by atomic mass is 16.5. The maximum Gasteiger partial charge on any atom is 0.226 e. The average Bonchev–Trinajstić information content (AvgIpc) is 2.49. The standard InChI is InChI=1S/C15H23N3O2/c1-2-17-8-10-18(11-9-17)15(19)7-12-20-14-5-3-13(16)4-6-14/h3-6H,2,7-12,16H2,1H3. The van der Waals surface area contributed by atoms with E-state index < -0.39 is 0 Å². The molecule has 0 bridgehead atoms. The lowest BCUT2D eigenvalue weighted by atomic mass is 10.3. The minimum atomic E-state index is 0.177. The van der Waals surface area contributed by atoms with E-state index in [1.807, 2.05) is 17.0 Å². The molecule has 2 N–H and O–H groups in total. The molecule has 0 unspecified atom stereocenters. The van der Waals surface area contributed by atoms with Crippen molar-refractivity contribution < 1.29 is 9.53 Å². The van der Waals surface area contributed by atoms with Crippen molar-refractivity contribution in [1.29, 1.82) is 0 Å². The first-order valence-corrected chi connectivity index (χ1v) is 7.17. The highest BCUT2D eigenvalue weighted by Crippen LogP contribution is 2.13. The maximum atomic E-state index is 12.0. The molecule has 0 saturated carbocycles. The van der Waals surface area contributed by atoms with Gasteiger partial charge in [0.05, 0.1) is 13.0 Å². The SMILES string of the molecule is CCN1CCN(C(=O)CCOc2ccc(N)cc2)CC1. The van der Waals surface area contributed by atoms with E-state index in [4.69, 9.17) is 10.5 Å². The fraction of sp³-hybridized carbons (Fsp3) is 0.533. The first-order valence-electron chi connectivity index (χ1n) is 7.17. The Morgan fingerprint density at radius 1 is 1.20 bits per heavy atom. The zero-order valence-electron chi connectivity index (χ0n) is 12.0. The monoisotopic (exact) mass is 277 g/mol. The number of carbonyl (C=O) groups excluding carboxylic acids is 1. The number of likely N-dealkylation sites (N-methyl/N-ethyl adjacent to an activating group) is 1. The number of carbonyl (C=O) groups is 1. The minimum Gasteiger partial charge on any atom is -0.493 e. The Labute approximate surface area is 120 Å². The van der Waals surface area contributed by atoms with Gasteiger partial charge in [-0.2, -0.15) is 0 Å². The van der Waals surface area contributed by atoms with Crippen molar-refractivity contribution in [3.8, 4) is 5.75 Å². The summed E-state index contributed by atoms with van der Waals surface area (Å²) in [6.45, 7) is 7.22. The number of piperazine rings is 1. The van der Waals surface area contributed by atoms with Crippen LogP contribution in [0.4, 0.5) is 5.69 Å². The summed E-state index contributed by atoms with van der Waals surface area (Å²) in [4.78, 5) is 16.3. The topological polar surface area (TPSA) is 58.8 Å². The molecule has 1 aliphatic heterocycles. The van der Waals surface area contributed by atoms with Crippen molar-refractivity contribution in [3.63, 3.8) is 0 Å². The van der Waals surface area contributed by atoms with Crippen LogP contribution in [0.2, 0.25) is 0 Å². The molecule has 110 valence electrons. The van der Waals surface area contributed by atoms with Gasteiger partial charge in [0, 0.05) is 31.9 Å². The summed E-state index contributed by atoms with van der Waals surface area (Å²) in [6, 6.07) is 7.22. The first-order chi connectivity index (χ1) is 9.69. The summed E-state index contributed by atoms with van der Waals surface area (Å²) in [5.41, 5.74) is 6.31. The van der Waals surface area contributed by atoms with E-state index in [0.717, 1.165) is 38.5 Å². The lowest BCUT2D eigenvalue weighted by molar-refractivity contribution is -0.133. The molecule has 1 amide bonds. The summed E-state index contributed by atoms with van der Waals surface area (Å²) < 4.78 is 5.55. The molecule has 1 aliphatic rings. The summed E-state index contributed by atoms with van der Waals surface area (Å²) >= 11 is 0. The molecule has 2 rings (SSSR count). The number of nitrogens with zero attached hydrogens (tertiary/aromatic N) is 2. The summed E-state index contributed by atoms with van der Waals surface area (Å²) in [5, 5.41) is 0. The van der Waals surface area contributed by atoms with Crippen LogP contribution in [0.15, 0.2) is 24.3 Å². The summed E-state index contributed by atoms with van der Waals surface area (Å²) in [6.07, 6.45) is 0.427. The van der Waals surface area contributed by atoms with Gasteiger partial charge in [0.15, 0.2) is 0 Å². The quantitative estimate of drug-likeness (QED) is 0.822. The Hall–Kier alpha value is -1.75. The van der Waals surface area contributed by atoms with Gasteiger partial charge < -0.3 is 20.3 Å². The zero-order chi connectivity index (χ0) is 14.4. The third-order valence-corrected chi connectivity index (χ3v) is 3.64. The van der Waals surface area contributed by atoms with Crippen molar-refractivity contribution in [3.05, 3.63) is 24.3 Å². The van der Waals surface area contributed by atoms with Crippen LogP contribution in [0.1, 0.15) is 13.3 Å². The van der Waals surface area contributed by atoms with Gasteiger partial charge in [-0.05, 0) is 30.8 Å². The molecule has 1 heterocycles. The molecule has 0 aliphatic carbocycles. The van der Waals surface area contributed by atoms with Crippen molar-refractivity contribution in [2.75, 3.05) is 45.1 Å². The fourth-order valence-corrected chi connectivity index (χ4v) is 2.29. The molecule has 20 heavy (non-hydrogen) atoms. The highest BCUT2D eigenvalue weighted by molar-refractivity contribution is 5.76. The first kappa shape index (κ1) is 14.7. The zero-order valence-corrected chi connectivity index (χ0v) is 12.0. The van der Waals surface area contributed by atoms with Gasteiger partial charge in [-0.1, -0.05) is 6.92 Å². The molecule has 0 spiro atoms. The Bertz CT molecular complexity index is 425. The normalized spacial score (nSPS) is 16.1. The van der Waals surface area contributed by atoms with Crippen LogP contribution in [0.25, 0.3) is 0 Å². The number of hydrogen-bond acceptors (Lipinski definition) is 4. The Morgan fingerprint density at radius 3 is 2.45 bits per heavy atom. The second-order valence-electron chi connectivity index (χ2n) is 4.98. The molecule has 1 aromatic carbocycles. The minimum absolute atomic E-state index is 0.177. The van der Waals surface area contributed by atoms with E-state index in [0.29, 0.717) is 18.7 Å². The van der Waals surface area contributed by atoms with Gasteiger partial charge >= 0.3 is 0 Å². The molecule has 0 atom stereocenters. The predicted octanol–water partition coefficient (Wildman–Crippen LogP) is 1.20. The number of amides is 1. The smallest absolute Gasteiger partial charge is 0.226 e. The summed E-state index contributed by atoms with van der Waals surface area (Å²) in [7, 11) is 0. The van der Waals surface area contributed by atoms with Crippen molar-refractivity contribution >= 4 is 11.6 Å². The second kappa shape index (κ2) is 7.14. The van der Waals surface area contributed by atoms with Gasteiger partial charge in [-0.3, -0.25) is 4.79 Å². The van der Waals surface area contributed by atoms with E-state index in [1.54, 1.807) is 12.1 Å². The Kier molecular flexibility index (Phi) is 5.24. The van der Waals surface area contributed by atoms with E-state index in [-0.39, 0.29) is 5.91 Å². The molecule has 1 fully saturated rings. The lowest BCUT2D eigenvalue weighted by Crippen LogP contribution is -2.48. The third kappa shape index (κ3) is 4.13. The maximum absolute atomic E-state index is 12.0. The van der Waals surface area contributed by atoms with Crippen molar-refractivity contribution in [2.45, 2.75) is 13.3 Å². The molecule has 5 nitrogen and oxygen atoms in total. The van der Waals surface area contributed by atoms with E-state index in [1.165, 1.54) is 0 Å². The lowest BCUT2D eigenvalue weighted by Gasteiger charge is -2.34. The van der Waals surface area contributed by atoms with Gasteiger partial charge in [0.1, 0.15) is 5.75 Å². The van der Waals surface area contributed by atoms with E-state index in [2.05, 4.69) is 11.8 Å². The van der Waals surface area contributed by atoms with Crippen LogP contribution >= 0.6 is 0 Å². The number of hydrogen-bond donors (Lipinski definition) is 1. The highest BCUT2D eigenvalue weighted by Gasteiger charge is 2.19. The fourth-order valence-electron chi connectivity index (χ4n) is 2.29. The molecular weight excluding hydrogens is 254 g/mol. The van der Waals surface area contributed by atoms with Crippen LogP contribution in [0.5, 0.6) is 5.75 Å². The number of anilines is 1. The molecule has 5 heteroatoms. The number of rotatable bonds is 5. The number of ether oxygens (including phenoxy) is 1. The summed E-state index contributed by atoms with van der Waals surface area (Å²) in [5.74, 6) is 0.930. The Morgan fingerprint density at radius 2 is 1.85 bits per heavy atom. The molecular formula is C15H23N3O2. The average molecular weight is 277 g/mol. The van der Waals surface area contributed by atoms with E-state index >= 15 is 0 Å². The van der Waals surface area contributed by atoms with Crippen LogP contribution in [0.3, 0.4) is 0 Å². The van der Waals surface area contributed by atoms with Crippen LogP contribution in [-0.2, 0) is 4.79 Å². The van der Waals surface area contributed by atoms with Gasteiger partial charge in [-0.25, -0.2) is 0 Å². The number of nitrogens with two attached hydrogens (primary N) is 1. The van der Waals surface area contributed by atoms with E-state index in [9.17, 15) is 4.79 Å². The van der Waals surface area contributed by atoms with Gasteiger partial charge in [0.2, 0.25) is 5.91 Å². The molecule has 1 saturated heterocycles. The third-order valence-electron chi connectivity index (χ3n) is 3.64. The molecule has 0 aromatic heterocycles. The van der Waals surface area contributed by atoms with Crippen LogP contribution < -0.4 is 10.5 Å². The van der Waals surface area contributed by atoms with Crippen LogP contribution in [-0.4, -0.2) is 55.0 Å². The van der Waals surface area contributed by atoms with Crippen molar-refractivity contribution in [2.24, 2.45) is 0 Å². The predicted molar refractivity (Wildman–Crippen MR) is 79.7 cm³/mol.